The Kier molecular flexibility index (Phi) is 56.1. The van der Waals surface area contributed by atoms with Crippen LogP contribution < -0.4 is 0 Å². The van der Waals surface area contributed by atoms with Gasteiger partial charge in [0.2, 0.25) is 0 Å². The van der Waals surface area contributed by atoms with Gasteiger partial charge in [-0.25, -0.2) is 4.57 Å². The van der Waals surface area contributed by atoms with Crippen molar-refractivity contribution in [1.29, 1.82) is 0 Å². The molecule has 0 radical (unpaired) electrons. The molecule has 446 valence electrons. The molecular weight excluding hydrogens is 966 g/mol. The van der Waals surface area contributed by atoms with E-state index >= 15 is 0 Å². The second-order valence-electron chi connectivity index (χ2n) is 23.1. The van der Waals surface area contributed by atoms with Gasteiger partial charge in [-0.2, -0.15) is 0 Å². The van der Waals surface area contributed by atoms with E-state index in [-0.39, 0.29) is 25.6 Å². The molecule has 0 aromatic carbocycles. The Hall–Kier alpha value is -2.03. The Balaban J connectivity index is 3.96. The lowest BCUT2D eigenvalue weighted by Gasteiger charge is -2.24. The summed E-state index contributed by atoms with van der Waals surface area (Å²) in [6.07, 6.45) is 73.5. The van der Waals surface area contributed by atoms with Gasteiger partial charge < -0.3 is 18.9 Å². The number of carbonyl (C=O) groups excluding carboxylic acids is 2. The third-order valence-electron chi connectivity index (χ3n) is 14.4. The maximum Gasteiger partial charge on any atom is 0.472 e. The van der Waals surface area contributed by atoms with Crippen LogP contribution in [0.1, 0.15) is 309 Å². The molecule has 0 rings (SSSR count). The monoisotopic (exact) mass is 1090 g/mol. The number of phosphoric ester groups is 1. The topological polar surface area (TPSA) is 108 Å². The highest BCUT2D eigenvalue weighted by atomic mass is 31.2. The number of unbranched alkanes of at least 4 members (excludes halogenated alkanes) is 38. The fourth-order valence-electron chi connectivity index (χ4n) is 9.42. The molecule has 76 heavy (non-hydrogen) atoms. The van der Waals surface area contributed by atoms with Crippen molar-refractivity contribution < 1.29 is 42.1 Å². The Morgan fingerprint density at radius 1 is 0.421 bits per heavy atom. The maximum absolute atomic E-state index is 12.8. The van der Waals surface area contributed by atoms with Crippen LogP contribution in [0.25, 0.3) is 0 Å². The molecule has 0 amide bonds. The molecule has 9 nitrogen and oxygen atoms in total. The number of hydrogen-bond donors (Lipinski definition) is 1. The summed E-state index contributed by atoms with van der Waals surface area (Å²) in [6, 6.07) is 0. The Morgan fingerprint density at radius 3 is 1.12 bits per heavy atom. The van der Waals surface area contributed by atoms with E-state index in [0.717, 1.165) is 57.8 Å². The zero-order chi connectivity index (χ0) is 55.6. The van der Waals surface area contributed by atoms with Crippen molar-refractivity contribution in [3.8, 4) is 0 Å². The average molecular weight is 1090 g/mol. The molecular formula is C66H125NO8P+. The molecule has 10 heteroatoms. The fourth-order valence-corrected chi connectivity index (χ4v) is 10.2. The number of quaternary nitrogens is 1. The van der Waals surface area contributed by atoms with Crippen molar-refractivity contribution in [2.45, 2.75) is 315 Å². The van der Waals surface area contributed by atoms with E-state index in [2.05, 4.69) is 62.5 Å². The lowest BCUT2D eigenvalue weighted by atomic mass is 10.0. The third-order valence-corrected chi connectivity index (χ3v) is 15.4. The molecule has 0 aromatic rings. The standard InChI is InChI=1S/C66H124NO8P/c1-6-8-10-12-14-16-18-20-22-24-25-26-27-28-29-30-31-32-33-34-35-36-37-38-39-40-41-43-45-47-49-51-53-55-57-59-66(69)75-64(63-74-76(70,71)73-61-60-67(3,4)5)62-72-65(68)58-56-54-52-50-48-46-44-42-23-21-19-17-15-13-11-9-7-2/h8,10,14,16,20,22,25-26,64H,6-7,9,11-13,15,17-19,21,23-24,27-63H2,1-5H3/p+1/b10-8-,16-14-,22-20-,26-25-. The van der Waals surface area contributed by atoms with Crippen LogP contribution in [-0.2, 0) is 32.7 Å². The fraction of sp³-hybridized carbons (Fsp3) is 0.848. The summed E-state index contributed by atoms with van der Waals surface area (Å²) in [5, 5.41) is 0. The number of nitrogens with zero attached hydrogens (tertiary/aromatic N) is 1. The number of allylic oxidation sites excluding steroid dienone is 8. The van der Waals surface area contributed by atoms with E-state index in [0.29, 0.717) is 23.9 Å². The summed E-state index contributed by atoms with van der Waals surface area (Å²) in [4.78, 5) is 35.7. The van der Waals surface area contributed by atoms with Crippen molar-refractivity contribution in [2.75, 3.05) is 47.5 Å². The molecule has 0 bridgehead atoms. The number of ether oxygens (including phenoxy) is 2. The molecule has 0 spiro atoms. The molecule has 0 fully saturated rings. The first kappa shape index (κ1) is 74.0. The maximum atomic E-state index is 12.8. The first-order valence-electron chi connectivity index (χ1n) is 32.4. The summed E-state index contributed by atoms with van der Waals surface area (Å²) in [5.74, 6) is -0.778. The number of likely N-dealkylation sites (N-methyl/N-ethyl adjacent to an activating group) is 1. The van der Waals surface area contributed by atoms with Gasteiger partial charge >= 0.3 is 19.8 Å². The number of phosphoric acid groups is 1. The molecule has 0 saturated heterocycles. The van der Waals surface area contributed by atoms with E-state index in [1.807, 2.05) is 21.1 Å². The molecule has 0 aliphatic rings. The van der Waals surface area contributed by atoms with Gasteiger partial charge in [0.1, 0.15) is 19.8 Å². The zero-order valence-corrected chi connectivity index (χ0v) is 51.6. The van der Waals surface area contributed by atoms with E-state index < -0.39 is 26.5 Å². The number of carbonyl (C=O) groups is 2. The number of esters is 2. The van der Waals surface area contributed by atoms with Gasteiger partial charge in [0.05, 0.1) is 27.7 Å². The normalized spacial score (nSPS) is 13.5. The highest BCUT2D eigenvalue weighted by molar-refractivity contribution is 7.47. The summed E-state index contributed by atoms with van der Waals surface area (Å²) in [5.41, 5.74) is 0. The van der Waals surface area contributed by atoms with Crippen LogP contribution in [0.2, 0.25) is 0 Å². The van der Waals surface area contributed by atoms with Crippen LogP contribution in [-0.4, -0.2) is 74.9 Å². The van der Waals surface area contributed by atoms with E-state index in [9.17, 15) is 19.0 Å². The van der Waals surface area contributed by atoms with Crippen LogP contribution in [0, 0.1) is 0 Å². The van der Waals surface area contributed by atoms with E-state index in [4.69, 9.17) is 18.5 Å². The van der Waals surface area contributed by atoms with Crippen molar-refractivity contribution in [1.82, 2.24) is 0 Å². The Labute approximate surface area is 471 Å². The predicted molar refractivity (Wildman–Crippen MR) is 326 cm³/mol. The van der Waals surface area contributed by atoms with Crippen LogP contribution in [0.15, 0.2) is 48.6 Å². The minimum Gasteiger partial charge on any atom is -0.462 e. The van der Waals surface area contributed by atoms with Gasteiger partial charge in [0.15, 0.2) is 6.10 Å². The van der Waals surface area contributed by atoms with Crippen molar-refractivity contribution in [3.63, 3.8) is 0 Å². The van der Waals surface area contributed by atoms with Gasteiger partial charge in [0, 0.05) is 12.8 Å². The van der Waals surface area contributed by atoms with Gasteiger partial charge in [-0.3, -0.25) is 18.6 Å². The van der Waals surface area contributed by atoms with Crippen LogP contribution >= 0.6 is 7.82 Å². The lowest BCUT2D eigenvalue weighted by molar-refractivity contribution is -0.870. The van der Waals surface area contributed by atoms with E-state index in [1.165, 1.54) is 218 Å². The molecule has 2 atom stereocenters. The van der Waals surface area contributed by atoms with Gasteiger partial charge in [-0.1, -0.05) is 294 Å². The highest BCUT2D eigenvalue weighted by Gasteiger charge is 2.27. The molecule has 0 aliphatic heterocycles. The minimum atomic E-state index is -4.38. The molecule has 1 N–H and O–H groups in total. The molecule has 0 aromatic heterocycles. The predicted octanol–water partition coefficient (Wildman–Crippen LogP) is 20.5. The quantitative estimate of drug-likeness (QED) is 0.0211. The van der Waals surface area contributed by atoms with Gasteiger partial charge in [0.25, 0.3) is 0 Å². The van der Waals surface area contributed by atoms with Crippen molar-refractivity contribution in [3.05, 3.63) is 48.6 Å². The van der Waals surface area contributed by atoms with Gasteiger partial charge in [-0.05, 0) is 51.4 Å². The van der Waals surface area contributed by atoms with Crippen molar-refractivity contribution in [2.24, 2.45) is 0 Å². The van der Waals surface area contributed by atoms with Crippen LogP contribution in [0.5, 0.6) is 0 Å². The smallest absolute Gasteiger partial charge is 0.462 e. The SMILES string of the molecule is CC/C=C\C/C=C\C/C=C\C/C=C\CCCCCCCCCCCCCCCCCCCCCCCCC(=O)OC(COC(=O)CCCCCCCCCCCCCCCCCCC)COP(=O)(O)OCC[N+](C)(C)C. The number of rotatable bonds is 60. The Morgan fingerprint density at radius 2 is 0.750 bits per heavy atom. The first-order chi connectivity index (χ1) is 37.0. The van der Waals surface area contributed by atoms with Gasteiger partial charge in [-0.15, -0.1) is 0 Å². The van der Waals surface area contributed by atoms with E-state index in [1.54, 1.807) is 0 Å². The Bertz CT molecular complexity index is 1420. The molecule has 0 aliphatic carbocycles. The molecule has 2 unspecified atom stereocenters. The minimum absolute atomic E-state index is 0.0347. The second-order valence-corrected chi connectivity index (χ2v) is 24.6. The average Bonchev–Trinajstić information content (AvgIpc) is 3.38. The molecule has 0 heterocycles. The largest absolute Gasteiger partial charge is 0.472 e. The third kappa shape index (κ3) is 61.2. The summed E-state index contributed by atoms with van der Waals surface area (Å²) in [6.45, 7) is 4.38. The molecule has 0 saturated carbocycles. The summed E-state index contributed by atoms with van der Waals surface area (Å²) >= 11 is 0. The lowest BCUT2D eigenvalue weighted by Crippen LogP contribution is -2.37. The summed E-state index contributed by atoms with van der Waals surface area (Å²) in [7, 11) is 1.49. The van der Waals surface area contributed by atoms with Crippen molar-refractivity contribution >= 4 is 19.8 Å². The highest BCUT2D eigenvalue weighted by Crippen LogP contribution is 2.43. The summed E-state index contributed by atoms with van der Waals surface area (Å²) < 4.78 is 34.6. The first-order valence-corrected chi connectivity index (χ1v) is 33.9. The van der Waals surface area contributed by atoms with Crippen LogP contribution in [0.3, 0.4) is 0 Å². The van der Waals surface area contributed by atoms with Crippen LogP contribution in [0.4, 0.5) is 0 Å². The zero-order valence-electron chi connectivity index (χ0n) is 50.8. The second kappa shape index (κ2) is 57.6. The number of hydrogen-bond acceptors (Lipinski definition) is 7.